The Balaban J connectivity index is 2.07. The molecule has 0 spiro atoms. The van der Waals surface area contributed by atoms with E-state index in [4.69, 9.17) is 15.2 Å². The van der Waals surface area contributed by atoms with Gasteiger partial charge in [-0.3, -0.25) is 0 Å². The molecule has 1 heterocycles. The smallest absolute Gasteiger partial charge is 0.213 e. The Bertz CT molecular complexity index is 500. The van der Waals surface area contributed by atoms with E-state index in [0.717, 1.165) is 23.0 Å². The zero-order valence-electron chi connectivity index (χ0n) is 9.85. The van der Waals surface area contributed by atoms with Crippen LogP contribution >= 0.6 is 0 Å². The van der Waals surface area contributed by atoms with Crippen molar-refractivity contribution in [2.45, 2.75) is 6.42 Å². The van der Waals surface area contributed by atoms with E-state index in [9.17, 15) is 0 Å². The quantitative estimate of drug-likeness (QED) is 0.634. The van der Waals surface area contributed by atoms with Crippen LogP contribution in [-0.2, 0) is 4.74 Å². The lowest BCUT2D eigenvalue weighted by Crippen LogP contribution is -2.02. The van der Waals surface area contributed by atoms with Gasteiger partial charge < -0.3 is 15.2 Å². The highest BCUT2D eigenvalue weighted by molar-refractivity contribution is 5.82. The van der Waals surface area contributed by atoms with Gasteiger partial charge in [-0.15, -0.1) is 0 Å². The molecule has 0 aliphatic heterocycles. The highest BCUT2D eigenvalue weighted by Crippen LogP contribution is 2.19. The first-order valence-electron chi connectivity index (χ1n) is 5.57. The molecule has 17 heavy (non-hydrogen) atoms. The van der Waals surface area contributed by atoms with Gasteiger partial charge in [-0.25, -0.2) is 4.98 Å². The SMILES string of the molecule is COCCCOc1ccc2cc(N)ccc2n1. The summed E-state index contributed by atoms with van der Waals surface area (Å²) in [4.78, 5) is 4.40. The molecule has 4 heteroatoms. The molecule has 0 atom stereocenters. The van der Waals surface area contributed by atoms with Gasteiger partial charge in [-0.1, -0.05) is 0 Å². The van der Waals surface area contributed by atoms with Crippen LogP contribution in [-0.4, -0.2) is 25.3 Å². The second-order valence-corrected chi connectivity index (χ2v) is 3.80. The number of nitrogens with zero attached hydrogens (tertiary/aromatic N) is 1. The highest BCUT2D eigenvalue weighted by Gasteiger charge is 1.99. The van der Waals surface area contributed by atoms with Crippen LogP contribution in [0.4, 0.5) is 5.69 Å². The minimum absolute atomic E-state index is 0.612. The van der Waals surface area contributed by atoms with Crippen LogP contribution in [0, 0.1) is 0 Å². The van der Waals surface area contributed by atoms with Gasteiger partial charge in [0.05, 0.1) is 12.1 Å². The number of benzene rings is 1. The summed E-state index contributed by atoms with van der Waals surface area (Å²) in [5.74, 6) is 0.637. The van der Waals surface area contributed by atoms with E-state index in [2.05, 4.69) is 4.98 Å². The van der Waals surface area contributed by atoms with Crippen molar-refractivity contribution in [1.82, 2.24) is 4.98 Å². The molecule has 2 rings (SSSR count). The van der Waals surface area contributed by atoms with Gasteiger partial charge in [0.1, 0.15) is 0 Å². The van der Waals surface area contributed by atoms with Crippen molar-refractivity contribution in [3.63, 3.8) is 0 Å². The number of pyridine rings is 1. The average molecular weight is 232 g/mol. The molecule has 90 valence electrons. The van der Waals surface area contributed by atoms with Crippen molar-refractivity contribution >= 4 is 16.6 Å². The largest absolute Gasteiger partial charge is 0.478 e. The van der Waals surface area contributed by atoms with Crippen LogP contribution in [0.5, 0.6) is 5.88 Å². The molecular formula is C13H16N2O2. The van der Waals surface area contributed by atoms with Gasteiger partial charge in [0.25, 0.3) is 0 Å². The number of ether oxygens (including phenoxy) is 2. The topological polar surface area (TPSA) is 57.4 Å². The van der Waals surface area contributed by atoms with Crippen molar-refractivity contribution in [3.05, 3.63) is 30.3 Å². The number of fused-ring (bicyclic) bond motifs is 1. The molecule has 0 amide bonds. The molecular weight excluding hydrogens is 216 g/mol. The summed E-state index contributed by atoms with van der Waals surface area (Å²) in [7, 11) is 1.68. The Hall–Kier alpha value is -1.81. The van der Waals surface area contributed by atoms with Crippen LogP contribution in [0.2, 0.25) is 0 Å². The molecule has 1 aromatic heterocycles. The molecule has 1 aromatic carbocycles. The third-order valence-electron chi connectivity index (χ3n) is 2.43. The molecule has 0 saturated carbocycles. The van der Waals surface area contributed by atoms with Crippen LogP contribution < -0.4 is 10.5 Å². The maximum atomic E-state index is 5.70. The summed E-state index contributed by atoms with van der Waals surface area (Å²) in [6, 6.07) is 9.45. The predicted molar refractivity (Wildman–Crippen MR) is 68.1 cm³/mol. The van der Waals surface area contributed by atoms with Gasteiger partial charge in [0.15, 0.2) is 0 Å². The lowest BCUT2D eigenvalue weighted by atomic mass is 10.2. The van der Waals surface area contributed by atoms with E-state index in [1.807, 2.05) is 30.3 Å². The maximum Gasteiger partial charge on any atom is 0.213 e. The van der Waals surface area contributed by atoms with Gasteiger partial charge in [-0.2, -0.15) is 0 Å². The molecule has 2 aromatic rings. The summed E-state index contributed by atoms with van der Waals surface area (Å²) in [6.45, 7) is 1.31. The van der Waals surface area contributed by atoms with Crippen molar-refractivity contribution in [1.29, 1.82) is 0 Å². The van der Waals surface area contributed by atoms with Crippen LogP contribution in [0.1, 0.15) is 6.42 Å². The standard InChI is InChI=1S/C13H16N2O2/c1-16-7-2-8-17-13-6-3-10-9-11(14)4-5-12(10)15-13/h3-6,9H,2,7-8,14H2,1H3. The Morgan fingerprint density at radius 1 is 1.18 bits per heavy atom. The zero-order chi connectivity index (χ0) is 12.1. The first kappa shape index (κ1) is 11.7. The van der Waals surface area contributed by atoms with Crippen molar-refractivity contribution in [3.8, 4) is 5.88 Å². The molecule has 4 nitrogen and oxygen atoms in total. The van der Waals surface area contributed by atoms with E-state index in [0.29, 0.717) is 19.1 Å². The Morgan fingerprint density at radius 3 is 2.88 bits per heavy atom. The summed E-state index contributed by atoms with van der Waals surface area (Å²) in [5, 5.41) is 1.02. The predicted octanol–water partition coefficient (Wildman–Crippen LogP) is 2.23. The molecule has 0 saturated heterocycles. The molecule has 0 aliphatic rings. The van der Waals surface area contributed by atoms with E-state index >= 15 is 0 Å². The number of hydrogen-bond donors (Lipinski definition) is 1. The number of rotatable bonds is 5. The minimum Gasteiger partial charge on any atom is -0.478 e. The number of methoxy groups -OCH3 is 1. The molecule has 0 radical (unpaired) electrons. The number of nitrogen functional groups attached to an aromatic ring is 1. The van der Waals surface area contributed by atoms with Crippen molar-refractivity contribution < 1.29 is 9.47 Å². The molecule has 2 N–H and O–H groups in total. The summed E-state index contributed by atoms with van der Waals surface area (Å²) < 4.78 is 10.5. The third-order valence-corrected chi connectivity index (χ3v) is 2.43. The molecule has 0 fully saturated rings. The minimum atomic E-state index is 0.612. The summed E-state index contributed by atoms with van der Waals surface area (Å²) >= 11 is 0. The fraction of sp³-hybridized carbons (Fsp3) is 0.308. The van der Waals surface area contributed by atoms with Crippen LogP contribution in [0.15, 0.2) is 30.3 Å². The lowest BCUT2D eigenvalue weighted by molar-refractivity contribution is 0.170. The zero-order valence-corrected chi connectivity index (χ0v) is 9.85. The fourth-order valence-corrected chi connectivity index (χ4v) is 1.59. The third kappa shape index (κ3) is 3.07. The van der Waals surface area contributed by atoms with E-state index < -0.39 is 0 Å². The number of hydrogen-bond acceptors (Lipinski definition) is 4. The Morgan fingerprint density at radius 2 is 2.06 bits per heavy atom. The highest BCUT2D eigenvalue weighted by atomic mass is 16.5. The van der Waals surface area contributed by atoms with E-state index in [1.165, 1.54) is 0 Å². The second-order valence-electron chi connectivity index (χ2n) is 3.80. The first-order valence-corrected chi connectivity index (χ1v) is 5.57. The summed E-state index contributed by atoms with van der Waals surface area (Å²) in [6.07, 6.45) is 0.859. The average Bonchev–Trinajstić information content (AvgIpc) is 2.35. The second kappa shape index (κ2) is 5.50. The van der Waals surface area contributed by atoms with Gasteiger partial charge in [0.2, 0.25) is 5.88 Å². The van der Waals surface area contributed by atoms with Gasteiger partial charge in [-0.05, 0) is 24.3 Å². The van der Waals surface area contributed by atoms with Gasteiger partial charge >= 0.3 is 0 Å². The van der Waals surface area contributed by atoms with Crippen molar-refractivity contribution in [2.75, 3.05) is 26.1 Å². The Kier molecular flexibility index (Phi) is 3.77. The number of aromatic nitrogens is 1. The van der Waals surface area contributed by atoms with Crippen LogP contribution in [0.3, 0.4) is 0 Å². The van der Waals surface area contributed by atoms with E-state index in [1.54, 1.807) is 7.11 Å². The monoisotopic (exact) mass is 232 g/mol. The van der Waals surface area contributed by atoms with Crippen LogP contribution in [0.25, 0.3) is 10.9 Å². The van der Waals surface area contributed by atoms with Gasteiger partial charge in [0, 0.05) is 37.3 Å². The van der Waals surface area contributed by atoms with E-state index in [-0.39, 0.29) is 0 Å². The summed E-state index contributed by atoms with van der Waals surface area (Å²) in [5.41, 5.74) is 7.34. The number of nitrogens with two attached hydrogens (primary N) is 1. The first-order chi connectivity index (χ1) is 8.29. The maximum absolute atomic E-state index is 5.70. The fourth-order valence-electron chi connectivity index (χ4n) is 1.59. The van der Waals surface area contributed by atoms with Crippen molar-refractivity contribution in [2.24, 2.45) is 0 Å². The molecule has 0 unspecified atom stereocenters. The normalized spacial score (nSPS) is 10.6. The lowest BCUT2D eigenvalue weighted by Gasteiger charge is -2.06. The number of anilines is 1. The molecule has 0 aliphatic carbocycles. The molecule has 0 bridgehead atoms. The Labute approximate surface area is 100 Å².